The number of benzene rings is 2. The van der Waals surface area contributed by atoms with Crippen molar-refractivity contribution in [2.75, 3.05) is 7.11 Å². The van der Waals surface area contributed by atoms with Crippen LogP contribution in [-0.2, 0) is 10.0 Å². The molecular weight excluding hydrogens is 400 g/mol. The van der Waals surface area contributed by atoms with Crippen LogP contribution in [0.25, 0.3) is 0 Å². The van der Waals surface area contributed by atoms with Crippen LogP contribution in [0.3, 0.4) is 0 Å². The standard InChI is InChI=1S/C23H32N2O4S/c1-22(2,3)20(16-11-9-8-10-12-16)24-21(26)17-13-14-18(29-7)19(15-17)30(27,28)25-23(4,5)6/h8-15,20,25H,1-7H3,(H,24,26). The average molecular weight is 433 g/mol. The molecule has 2 N–H and O–H groups in total. The van der Waals surface area contributed by atoms with E-state index in [1.165, 1.54) is 19.2 Å². The Balaban J connectivity index is 2.43. The van der Waals surface area contributed by atoms with E-state index in [2.05, 4.69) is 10.0 Å². The molecule has 0 aliphatic carbocycles. The molecule has 1 atom stereocenters. The van der Waals surface area contributed by atoms with Crippen molar-refractivity contribution in [3.63, 3.8) is 0 Å². The molecule has 0 saturated heterocycles. The van der Waals surface area contributed by atoms with Crippen molar-refractivity contribution in [1.29, 1.82) is 0 Å². The van der Waals surface area contributed by atoms with Crippen LogP contribution in [0, 0.1) is 5.41 Å². The minimum absolute atomic E-state index is 0.0698. The lowest BCUT2D eigenvalue weighted by Crippen LogP contribution is -2.40. The number of carbonyl (C=O) groups is 1. The average Bonchev–Trinajstić information content (AvgIpc) is 2.63. The fraction of sp³-hybridized carbons (Fsp3) is 0.435. The van der Waals surface area contributed by atoms with Crippen LogP contribution in [0.4, 0.5) is 0 Å². The van der Waals surface area contributed by atoms with Crippen LogP contribution >= 0.6 is 0 Å². The molecule has 0 heterocycles. The molecule has 6 nitrogen and oxygen atoms in total. The summed E-state index contributed by atoms with van der Waals surface area (Å²) in [6.07, 6.45) is 0. The first-order valence-electron chi connectivity index (χ1n) is 9.82. The molecule has 30 heavy (non-hydrogen) atoms. The lowest BCUT2D eigenvalue weighted by atomic mass is 9.82. The lowest BCUT2D eigenvalue weighted by molar-refractivity contribution is 0.0901. The molecule has 2 aromatic rings. The molecular formula is C23H32N2O4S. The van der Waals surface area contributed by atoms with Gasteiger partial charge in [0.15, 0.2) is 0 Å². The van der Waals surface area contributed by atoms with Gasteiger partial charge in [-0.05, 0) is 49.9 Å². The number of sulfonamides is 1. The van der Waals surface area contributed by atoms with Gasteiger partial charge in [0, 0.05) is 11.1 Å². The Bertz CT molecular complexity index is 988. The summed E-state index contributed by atoms with van der Waals surface area (Å²) in [4.78, 5) is 13.0. The summed E-state index contributed by atoms with van der Waals surface area (Å²) in [6, 6.07) is 13.9. The molecule has 1 unspecified atom stereocenters. The predicted octanol–water partition coefficient (Wildman–Crippen LogP) is 4.29. The first-order valence-corrected chi connectivity index (χ1v) is 11.3. The van der Waals surface area contributed by atoms with E-state index in [9.17, 15) is 13.2 Å². The maximum Gasteiger partial charge on any atom is 0.251 e. The fourth-order valence-electron chi connectivity index (χ4n) is 3.15. The van der Waals surface area contributed by atoms with Crippen molar-refractivity contribution in [1.82, 2.24) is 10.0 Å². The van der Waals surface area contributed by atoms with Gasteiger partial charge in [0.2, 0.25) is 10.0 Å². The summed E-state index contributed by atoms with van der Waals surface area (Å²) < 4.78 is 33.6. The van der Waals surface area contributed by atoms with Gasteiger partial charge in [0.25, 0.3) is 5.91 Å². The molecule has 0 bridgehead atoms. The minimum atomic E-state index is -3.88. The Labute approximate surface area is 180 Å². The molecule has 0 fully saturated rings. The third-order valence-electron chi connectivity index (χ3n) is 4.43. The van der Waals surface area contributed by atoms with Gasteiger partial charge in [-0.25, -0.2) is 13.1 Å². The smallest absolute Gasteiger partial charge is 0.251 e. The van der Waals surface area contributed by atoms with Crippen molar-refractivity contribution in [2.24, 2.45) is 5.41 Å². The van der Waals surface area contributed by atoms with Gasteiger partial charge in [-0.15, -0.1) is 0 Å². The maximum atomic E-state index is 13.1. The molecule has 7 heteroatoms. The number of rotatable bonds is 6. The number of methoxy groups -OCH3 is 1. The van der Waals surface area contributed by atoms with Gasteiger partial charge in [-0.2, -0.15) is 0 Å². The second kappa shape index (κ2) is 8.78. The normalized spacial score (nSPS) is 13.6. The van der Waals surface area contributed by atoms with Crippen LogP contribution in [0.5, 0.6) is 5.75 Å². The summed E-state index contributed by atoms with van der Waals surface area (Å²) in [7, 11) is -2.48. The topological polar surface area (TPSA) is 84.5 Å². The fourth-order valence-corrected chi connectivity index (χ4v) is 4.76. The quantitative estimate of drug-likeness (QED) is 0.713. The number of carbonyl (C=O) groups excluding carboxylic acids is 1. The van der Waals surface area contributed by atoms with Gasteiger partial charge >= 0.3 is 0 Å². The van der Waals surface area contributed by atoms with Gasteiger partial charge < -0.3 is 10.1 Å². The second-order valence-electron chi connectivity index (χ2n) is 9.40. The Kier molecular flexibility index (Phi) is 6.99. The number of amides is 1. The highest BCUT2D eigenvalue weighted by atomic mass is 32.2. The van der Waals surface area contributed by atoms with E-state index in [1.54, 1.807) is 26.8 Å². The van der Waals surface area contributed by atoms with Gasteiger partial charge in [0.1, 0.15) is 10.6 Å². The van der Waals surface area contributed by atoms with Crippen molar-refractivity contribution in [3.05, 3.63) is 59.7 Å². The zero-order chi connectivity index (χ0) is 22.7. The number of hydrogen-bond donors (Lipinski definition) is 2. The summed E-state index contributed by atoms with van der Waals surface area (Å²) in [5, 5.41) is 3.06. The van der Waals surface area contributed by atoms with E-state index in [-0.39, 0.29) is 33.6 Å². The van der Waals surface area contributed by atoms with Gasteiger partial charge in [-0.3, -0.25) is 4.79 Å². The molecule has 0 saturated carbocycles. The van der Waals surface area contributed by atoms with Crippen LogP contribution in [-0.4, -0.2) is 27.0 Å². The van der Waals surface area contributed by atoms with E-state index >= 15 is 0 Å². The Morgan fingerprint density at radius 1 is 0.967 bits per heavy atom. The molecule has 2 aromatic carbocycles. The van der Waals surface area contributed by atoms with E-state index in [0.717, 1.165) is 5.56 Å². The zero-order valence-electron chi connectivity index (χ0n) is 18.7. The van der Waals surface area contributed by atoms with E-state index in [4.69, 9.17) is 4.74 Å². The van der Waals surface area contributed by atoms with E-state index < -0.39 is 15.6 Å². The van der Waals surface area contributed by atoms with Gasteiger partial charge in [0.05, 0.1) is 13.2 Å². The van der Waals surface area contributed by atoms with E-state index in [0.29, 0.717) is 0 Å². The van der Waals surface area contributed by atoms with Crippen molar-refractivity contribution in [3.8, 4) is 5.75 Å². The van der Waals surface area contributed by atoms with Crippen LogP contribution < -0.4 is 14.8 Å². The Morgan fingerprint density at radius 2 is 1.57 bits per heavy atom. The summed E-state index contributed by atoms with van der Waals surface area (Å²) in [6.45, 7) is 11.4. The molecule has 0 aromatic heterocycles. The highest BCUT2D eigenvalue weighted by Gasteiger charge is 2.30. The first-order chi connectivity index (χ1) is 13.7. The molecule has 0 aliphatic heterocycles. The Hall–Kier alpha value is -2.38. The number of nitrogens with one attached hydrogen (secondary N) is 2. The summed E-state index contributed by atoms with van der Waals surface area (Å²) >= 11 is 0. The predicted molar refractivity (Wildman–Crippen MR) is 119 cm³/mol. The number of ether oxygens (including phenoxy) is 1. The molecule has 1 amide bonds. The van der Waals surface area contributed by atoms with Crippen molar-refractivity contribution >= 4 is 15.9 Å². The first kappa shape index (κ1) is 23.9. The maximum absolute atomic E-state index is 13.1. The molecule has 0 spiro atoms. The van der Waals surface area contributed by atoms with Gasteiger partial charge in [-0.1, -0.05) is 51.1 Å². The van der Waals surface area contributed by atoms with Crippen LogP contribution in [0.1, 0.15) is 63.5 Å². The van der Waals surface area contributed by atoms with Crippen molar-refractivity contribution < 1.29 is 17.9 Å². The van der Waals surface area contributed by atoms with Crippen LogP contribution in [0.15, 0.2) is 53.4 Å². The van der Waals surface area contributed by atoms with E-state index in [1.807, 2.05) is 51.1 Å². The third kappa shape index (κ3) is 6.06. The highest BCUT2D eigenvalue weighted by molar-refractivity contribution is 7.89. The molecule has 164 valence electrons. The summed E-state index contributed by atoms with van der Waals surface area (Å²) in [5.74, 6) is -0.174. The number of hydrogen-bond acceptors (Lipinski definition) is 4. The monoisotopic (exact) mass is 432 g/mol. The molecule has 0 radical (unpaired) electrons. The molecule has 2 rings (SSSR count). The lowest BCUT2D eigenvalue weighted by Gasteiger charge is -2.32. The Morgan fingerprint density at radius 3 is 2.07 bits per heavy atom. The SMILES string of the molecule is COc1ccc(C(=O)NC(c2ccccc2)C(C)(C)C)cc1S(=O)(=O)NC(C)(C)C. The largest absolute Gasteiger partial charge is 0.495 e. The van der Waals surface area contributed by atoms with Crippen molar-refractivity contribution in [2.45, 2.75) is 58.0 Å². The second-order valence-corrected chi connectivity index (χ2v) is 11.1. The minimum Gasteiger partial charge on any atom is -0.495 e. The van der Waals surface area contributed by atoms with Crippen LogP contribution in [0.2, 0.25) is 0 Å². The molecule has 0 aliphatic rings. The third-order valence-corrected chi connectivity index (χ3v) is 6.21. The highest BCUT2D eigenvalue weighted by Crippen LogP contribution is 2.33. The summed E-state index contributed by atoms with van der Waals surface area (Å²) in [5.41, 5.74) is 0.309. The zero-order valence-corrected chi connectivity index (χ0v) is 19.6.